The molecule has 74 valence electrons. The van der Waals surface area contributed by atoms with Crippen LogP contribution in [0.15, 0.2) is 18.3 Å². The van der Waals surface area contributed by atoms with Gasteiger partial charge in [0.2, 0.25) is 0 Å². The zero-order chi connectivity index (χ0) is 10.1. The molecule has 0 aliphatic carbocycles. The van der Waals surface area contributed by atoms with E-state index < -0.39 is 0 Å². The molecule has 0 saturated heterocycles. The van der Waals surface area contributed by atoms with Crippen molar-refractivity contribution in [2.24, 2.45) is 0 Å². The maximum absolute atomic E-state index is 10.8. The van der Waals surface area contributed by atoms with E-state index >= 15 is 0 Å². The number of nitrogens with one attached hydrogen (secondary N) is 1. The molecule has 0 bridgehead atoms. The smallest absolute Gasteiger partial charge is 0.147 e. The Morgan fingerprint density at radius 2 is 2.23 bits per heavy atom. The van der Waals surface area contributed by atoms with Crippen molar-refractivity contribution in [1.29, 1.82) is 0 Å². The van der Waals surface area contributed by atoms with Crippen LogP contribution in [0.1, 0.15) is 26.0 Å². The third-order valence-electron chi connectivity index (χ3n) is 1.48. The maximum atomic E-state index is 10.8. The Bertz CT molecular complexity index is 219. The van der Waals surface area contributed by atoms with Gasteiger partial charge in [-0.1, -0.05) is 13.8 Å². The Hall–Kier alpha value is -0.760. The first kappa shape index (κ1) is 12.2. The SMILES string of the molecule is CC.O=C(CCl)CCc1ccc[nH]1. The number of aromatic amines is 1. The summed E-state index contributed by atoms with van der Waals surface area (Å²) in [7, 11) is 0. The van der Waals surface area contributed by atoms with Crippen molar-refractivity contribution in [2.45, 2.75) is 26.7 Å². The zero-order valence-electron chi connectivity index (χ0n) is 8.14. The lowest BCUT2D eigenvalue weighted by atomic mass is 10.2. The summed E-state index contributed by atoms with van der Waals surface area (Å²) in [6, 6.07) is 3.88. The van der Waals surface area contributed by atoms with Crippen LogP contribution in [0.5, 0.6) is 0 Å². The third kappa shape index (κ3) is 5.47. The second kappa shape index (κ2) is 7.87. The van der Waals surface area contributed by atoms with Crippen molar-refractivity contribution in [1.82, 2.24) is 4.98 Å². The standard InChI is InChI=1S/C8H10ClNO.C2H6/c9-6-8(11)4-3-7-2-1-5-10-7;1-2/h1-2,5,10H,3-4,6H2;1-2H3. The Balaban J connectivity index is 0.000000671. The van der Waals surface area contributed by atoms with Crippen LogP contribution in [-0.4, -0.2) is 16.6 Å². The minimum Gasteiger partial charge on any atom is -0.365 e. The first-order valence-corrected chi connectivity index (χ1v) is 5.06. The minimum absolute atomic E-state index is 0.0984. The van der Waals surface area contributed by atoms with Crippen molar-refractivity contribution >= 4 is 17.4 Å². The van der Waals surface area contributed by atoms with Crippen molar-refractivity contribution in [2.75, 3.05) is 5.88 Å². The van der Waals surface area contributed by atoms with Crippen LogP contribution in [0.4, 0.5) is 0 Å². The molecule has 0 radical (unpaired) electrons. The second-order valence-corrected chi connectivity index (χ2v) is 2.63. The van der Waals surface area contributed by atoms with E-state index in [2.05, 4.69) is 4.98 Å². The van der Waals surface area contributed by atoms with Crippen LogP contribution in [0.2, 0.25) is 0 Å². The van der Waals surface area contributed by atoms with E-state index in [0.717, 1.165) is 12.1 Å². The summed E-state index contributed by atoms with van der Waals surface area (Å²) in [4.78, 5) is 13.8. The summed E-state index contributed by atoms with van der Waals surface area (Å²) in [5.74, 6) is 0.224. The number of hydrogen-bond acceptors (Lipinski definition) is 1. The van der Waals surface area contributed by atoms with E-state index in [-0.39, 0.29) is 11.7 Å². The number of rotatable bonds is 4. The van der Waals surface area contributed by atoms with Crippen LogP contribution in [0.25, 0.3) is 0 Å². The van der Waals surface area contributed by atoms with E-state index in [1.54, 1.807) is 0 Å². The highest BCUT2D eigenvalue weighted by atomic mass is 35.5. The quantitative estimate of drug-likeness (QED) is 0.747. The van der Waals surface area contributed by atoms with E-state index in [9.17, 15) is 4.79 Å². The Kier molecular flexibility index (Phi) is 7.41. The van der Waals surface area contributed by atoms with Gasteiger partial charge in [0, 0.05) is 18.3 Å². The summed E-state index contributed by atoms with van der Waals surface area (Å²) in [6.45, 7) is 4.00. The fraction of sp³-hybridized carbons (Fsp3) is 0.500. The molecule has 0 atom stereocenters. The minimum atomic E-state index is 0.0984. The van der Waals surface area contributed by atoms with E-state index in [0.29, 0.717) is 6.42 Å². The second-order valence-electron chi connectivity index (χ2n) is 2.37. The third-order valence-corrected chi connectivity index (χ3v) is 1.78. The van der Waals surface area contributed by atoms with Crippen molar-refractivity contribution in [3.05, 3.63) is 24.0 Å². The summed E-state index contributed by atoms with van der Waals surface area (Å²) in [5.41, 5.74) is 1.09. The van der Waals surface area contributed by atoms with Gasteiger partial charge in [0.15, 0.2) is 0 Å². The van der Waals surface area contributed by atoms with E-state index in [1.165, 1.54) is 0 Å². The van der Waals surface area contributed by atoms with Gasteiger partial charge in [0.1, 0.15) is 5.78 Å². The molecular weight excluding hydrogens is 186 g/mol. The van der Waals surface area contributed by atoms with Crippen LogP contribution >= 0.6 is 11.6 Å². The molecule has 2 nitrogen and oxygen atoms in total. The molecule has 3 heteroatoms. The van der Waals surface area contributed by atoms with Gasteiger partial charge in [0.05, 0.1) is 5.88 Å². The number of carbonyl (C=O) groups is 1. The molecule has 0 amide bonds. The largest absolute Gasteiger partial charge is 0.365 e. The topological polar surface area (TPSA) is 32.9 Å². The van der Waals surface area contributed by atoms with Gasteiger partial charge >= 0.3 is 0 Å². The Morgan fingerprint density at radius 3 is 2.69 bits per heavy atom. The number of aromatic nitrogens is 1. The fourth-order valence-corrected chi connectivity index (χ4v) is 0.998. The predicted molar refractivity (Wildman–Crippen MR) is 56.2 cm³/mol. The lowest BCUT2D eigenvalue weighted by Crippen LogP contribution is -2.00. The normalized spacial score (nSPS) is 8.85. The van der Waals surface area contributed by atoms with E-state index in [1.807, 2.05) is 32.2 Å². The van der Waals surface area contributed by atoms with Crippen LogP contribution in [0.3, 0.4) is 0 Å². The summed E-state index contributed by atoms with van der Waals surface area (Å²) in [6.07, 6.45) is 3.14. The number of carbonyl (C=O) groups excluding carboxylic acids is 1. The molecule has 1 aromatic heterocycles. The molecule has 0 unspecified atom stereocenters. The number of aryl methyl sites for hydroxylation is 1. The number of H-pyrrole nitrogens is 1. The number of hydrogen-bond donors (Lipinski definition) is 1. The van der Waals surface area contributed by atoms with Gasteiger partial charge in [-0.3, -0.25) is 4.79 Å². The van der Waals surface area contributed by atoms with Gasteiger partial charge in [-0.15, -0.1) is 11.6 Å². The van der Waals surface area contributed by atoms with Crippen LogP contribution in [0, 0.1) is 0 Å². The van der Waals surface area contributed by atoms with Gasteiger partial charge in [-0.25, -0.2) is 0 Å². The molecule has 1 heterocycles. The molecule has 0 fully saturated rings. The predicted octanol–water partition coefficient (Wildman–Crippen LogP) is 2.78. The summed E-state index contributed by atoms with van der Waals surface area (Å²) in [5, 5.41) is 0. The van der Waals surface area contributed by atoms with E-state index in [4.69, 9.17) is 11.6 Å². The molecule has 13 heavy (non-hydrogen) atoms. The van der Waals surface area contributed by atoms with Crippen molar-refractivity contribution in [3.8, 4) is 0 Å². The Morgan fingerprint density at radius 1 is 1.54 bits per heavy atom. The van der Waals surface area contributed by atoms with Crippen LogP contribution < -0.4 is 0 Å². The first-order valence-electron chi connectivity index (χ1n) is 4.53. The molecule has 1 N–H and O–H groups in total. The van der Waals surface area contributed by atoms with Crippen molar-refractivity contribution < 1.29 is 4.79 Å². The highest BCUT2D eigenvalue weighted by molar-refractivity contribution is 6.27. The maximum Gasteiger partial charge on any atom is 0.147 e. The molecule has 0 aliphatic rings. The number of halogens is 1. The highest BCUT2D eigenvalue weighted by Crippen LogP contribution is 2.00. The monoisotopic (exact) mass is 201 g/mol. The van der Waals surface area contributed by atoms with Gasteiger partial charge in [0.25, 0.3) is 0 Å². The van der Waals surface area contributed by atoms with Crippen LogP contribution in [-0.2, 0) is 11.2 Å². The number of ketones is 1. The molecule has 1 rings (SSSR count). The highest BCUT2D eigenvalue weighted by Gasteiger charge is 1.99. The number of alkyl halides is 1. The zero-order valence-corrected chi connectivity index (χ0v) is 8.90. The average molecular weight is 202 g/mol. The molecular formula is C10H16ClNO. The first-order chi connectivity index (χ1) is 6.33. The molecule has 0 spiro atoms. The summed E-state index contributed by atoms with van der Waals surface area (Å²) >= 11 is 5.33. The lowest BCUT2D eigenvalue weighted by Gasteiger charge is -1.93. The average Bonchev–Trinajstić information content (AvgIpc) is 2.70. The fourth-order valence-electron chi connectivity index (χ4n) is 0.864. The number of Topliss-reactive ketones (excluding diaryl/α,β-unsaturated/α-hetero) is 1. The van der Waals surface area contributed by atoms with Gasteiger partial charge < -0.3 is 4.98 Å². The van der Waals surface area contributed by atoms with Crippen molar-refractivity contribution in [3.63, 3.8) is 0 Å². The van der Waals surface area contributed by atoms with Gasteiger partial charge in [-0.2, -0.15) is 0 Å². The molecule has 0 aromatic carbocycles. The Labute approximate surface area is 84.3 Å². The summed E-state index contributed by atoms with van der Waals surface area (Å²) < 4.78 is 0. The molecule has 0 aliphatic heterocycles. The molecule has 0 saturated carbocycles. The molecule has 1 aromatic rings. The van der Waals surface area contributed by atoms with Gasteiger partial charge in [-0.05, 0) is 18.6 Å². The lowest BCUT2D eigenvalue weighted by molar-refractivity contribution is -0.116.